The van der Waals surface area contributed by atoms with Crippen molar-refractivity contribution in [1.82, 2.24) is 4.98 Å². The Kier molecular flexibility index (Phi) is 3.26. The first kappa shape index (κ1) is 11.2. The summed E-state index contributed by atoms with van der Waals surface area (Å²) in [7, 11) is 0. The van der Waals surface area contributed by atoms with E-state index in [1.54, 1.807) is 5.51 Å². The van der Waals surface area contributed by atoms with Crippen molar-refractivity contribution in [3.8, 4) is 0 Å². The van der Waals surface area contributed by atoms with Crippen LogP contribution in [0.2, 0.25) is 0 Å². The van der Waals surface area contributed by atoms with Gasteiger partial charge in [-0.3, -0.25) is 4.98 Å². The summed E-state index contributed by atoms with van der Waals surface area (Å²) in [5, 5.41) is 9.77. The van der Waals surface area contributed by atoms with E-state index < -0.39 is 17.7 Å². The number of halogens is 2. The smallest absolute Gasteiger partial charge is 0.129 e. The van der Waals surface area contributed by atoms with E-state index in [-0.39, 0.29) is 6.42 Å². The van der Waals surface area contributed by atoms with Gasteiger partial charge in [-0.05, 0) is 11.6 Å². The van der Waals surface area contributed by atoms with Crippen LogP contribution in [-0.4, -0.2) is 10.1 Å². The maximum absolute atomic E-state index is 13.3. The van der Waals surface area contributed by atoms with Gasteiger partial charge in [-0.1, -0.05) is 6.07 Å². The third kappa shape index (κ3) is 2.43. The fraction of sp³-hybridized carbons (Fsp3) is 0.182. The molecule has 1 aromatic carbocycles. The van der Waals surface area contributed by atoms with E-state index in [0.717, 1.165) is 6.07 Å². The summed E-state index contributed by atoms with van der Waals surface area (Å²) in [4.78, 5) is 4.50. The Labute approximate surface area is 95.2 Å². The summed E-state index contributed by atoms with van der Waals surface area (Å²) in [6, 6.07) is 3.33. The highest BCUT2D eigenvalue weighted by atomic mass is 32.1. The van der Waals surface area contributed by atoms with Gasteiger partial charge in [0.1, 0.15) is 11.6 Å². The van der Waals surface area contributed by atoms with Gasteiger partial charge >= 0.3 is 0 Å². The lowest BCUT2D eigenvalue weighted by atomic mass is 10.1. The van der Waals surface area contributed by atoms with Crippen molar-refractivity contribution >= 4 is 11.3 Å². The average molecular weight is 241 g/mol. The Balaban J connectivity index is 2.15. The van der Waals surface area contributed by atoms with E-state index in [2.05, 4.69) is 4.98 Å². The maximum Gasteiger partial charge on any atom is 0.129 e. The molecule has 0 radical (unpaired) electrons. The van der Waals surface area contributed by atoms with Gasteiger partial charge in [-0.15, -0.1) is 11.3 Å². The van der Waals surface area contributed by atoms with E-state index >= 15 is 0 Å². The molecule has 84 valence electrons. The number of hydrogen-bond donors (Lipinski definition) is 1. The maximum atomic E-state index is 13.3. The monoisotopic (exact) mass is 241 g/mol. The molecule has 1 atom stereocenters. The molecule has 0 amide bonds. The first-order chi connectivity index (χ1) is 7.66. The Hall–Kier alpha value is -1.33. The van der Waals surface area contributed by atoms with E-state index in [1.807, 2.05) is 0 Å². The molecule has 16 heavy (non-hydrogen) atoms. The Morgan fingerprint density at radius 1 is 1.38 bits per heavy atom. The zero-order valence-corrected chi connectivity index (χ0v) is 9.05. The van der Waals surface area contributed by atoms with Crippen LogP contribution in [0.4, 0.5) is 8.78 Å². The molecule has 5 heteroatoms. The molecule has 0 spiro atoms. The zero-order valence-electron chi connectivity index (χ0n) is 8.23. The van der Waals surface area contributed by atoms with Crippen molar-refractivity contribution < 1.29 is 13.9 Å². The van der Waals surface area contributed by atoms with Crippen molar-refractivity contribution in [3.63, 3.8) is 0 Å². The van der Waals surface area contributed by atoms with Crippen LogP contribution in [0.5, 0.6) is 0 Å². The number of nitrogens with zero attached hydrogens (tertiary/aromatic N) is 1. The van der Waals surface area contributed by atoms with Gasteiger partial charge in [-0.25, -0.2) is 8.78 Å². The van der Waals surface area contributed by atoms with Crippen LogP contribution in [0.15, 0.2) is 29.9 Å². The Morgan fingerprint density at radius 3 is 2.81 bits per heavy atom. The highest BCUT2D eigenvalue weighted by molar-refractivity contribution is 7.09. The van der Waals surface area contributed by atoms with Gasteiger partial charge in [-0.2, -0.15) is 0 Å². The summed E-state index contributed by atoms with van der Waals surface area (Å²) in [6.07, 6.45) is 0.859. The zero-order chi connectivity index (χ0) is 11.5. The lowest BCUT2D eigenvalue weighted by molar-refractivity contribution is 0.180. The molecule has 1 N–H and O–H groups in total. The van der Waals surface area contributed by atoms with Crippen LogP contribution in [-0.2, 0) is 6.42 Å². The van der Waals surface area contributed by atoms with Crippen LogP contribution in [0.3, 0.4) is 0 Å². The van der Waals surface area contributed by atoms with Crippen molar-refractivity contribution in [2.24, 2.45) is 0 Å². The van der Waals surface area contributed by atoms with E-state index in [1.165, 1.54) is 29.7 Å². The predicted octanol–water partition coefficient (Wildman–Crippen LogP) is 2.70. The first-order valence-corrected chi connectivity index (χ1v) is 5.55. The summed E-state index contributed by atoms with van der Waals surface area (Å²) in [6.45, 7) is 0. The molecule has 0 bridgehead atoms. The molecule has 1 unspecified atom stereocenters. The second kappa shape index (κ2) is 4.67. The molecule has 0 saturated heterocycles. The fourth-order valence-electron chi connectivity index (χ4n) is 1.39. The SMILES string of the molecule is OC(Cc1ccc(F)cc1F)c1cncs1. The number of rotatable bonds is 3. The molecule has 0 aliphatic carbocycles. The minimum absolute atomic E-state index is 0.119. The van der Waals surface area contributed by atoms with Gasteiger partial charge in [0, 0.05) is 18.7 Å². The van der Waals surface area contributed by atoms with Gasteiger partial charge < -0.3 is 5.11 Å². The second-order valence-electron chi connectivity index (χ2n) is 3.36. The number of benzene rings is 1. The quantitative estimate of drug-likeness (QED) is 0.896. The standard InChI is InChI=1S/C11H9F2NOS/c12-8-2-1-7(9(13)4-8)3-10(15)11-5-14-6-16-11/h1-2,4-6,10,15H,3H2. The number of aliphatic hydroxyl groups is 1. The molecule has 0 aliphatic rings. The third-order valence-corrected chi connectivity index (χ3v) is 3.08. The van der Waals surface area contributed by atoms with E-state index in [9.17, 15) is 13.9 Å². The van der Waals surface area contributed by atoms with E-state index in [4.69, 9.17) is 0 Å². The van der Waals surface area contributed by atoms with Gasteiger partial charge in [0.25, 0.3) is 0 Å². The van der Waals surface area contributed by atoms with Crippen LogP contribution in [0.25, 0.3) is 0 Å². The molecule has 1 heterocycles. The molecule has 2 aromatic rings. The first-order valence-electron chi connectivity index (χ1n) is 4.67. The number of hydrogen-bond acceptors (Lipinski definition) is 3. The minimum atomic E-state index is -0.799. The van der Waals surface area contributed by atoms with Crippen LogP contribution >= 0.6 is 11.3 Å². The predicted molar refractivity (Wildman–Crippen MR) is 57.1 cm³/mol. The van der Waals surface area contributed by atoms with E-state index in [0.29, 0.717) is 10.4 Å². The molecule has 0 saturated carbocycles. The topological polar surface area (TPSA) is 33.1 Å². The molecular formula is C11H9F2NOS. The largest absolute Gasteiger partial charge is 0.387 e. The van der Waals surface area contributed by atoms with Crippen LogP contribution < -0.4 is 0 Å². The summed E-state index contributed by atoms with van der Waals surface area (Å²) in [5.74, 6) is -1.25. The minimum Gasteiger partial charge on any atom is -0.387 e. The highest BCUT2D eigenvalue weighted by Crippen LogP contribution is 2.22. The Bertz CT molecular complexity index is 473. The van der Waals surface area contributed by atoms with Gasteiger partial charge in [0.05, 0.1) is 16.5 Å². The molecular weight excluding hydrogens is 232 g/mol. The van der Waals surface area contributed by atoms with Crippen molar-refractivity contribution in [2.45, 2.75) is 12.5 Å². The lowest BCUT2D eigenvalue weighted by Gasteiger charge is -2.08. The Morgan fingerprint density at radius 2 is 2.19 bits per heavy atom. The fourth-order valence-corrected chi connectivity index (χ4v) is 1.99. The highest BCUT2D eigenvalue weighted by Gasteiger charge is 2.13. The molecule has 1 aromatic heterocycles. The van der Waals surface area contributed by atoms with Crippen molar-refractivity contribution in [1.29, 1.82) is 0 Å². The number of aromatic nitrogens is 1. The summed E-state index contributed by atoms with van der Waals surface area (Å²) in [5.41, 5.74) is 1.89. The normalized spacial score (nSPS) is 12.7. The second-order valence-corrected chi connectivity index (χ2v) is 4.28. The average Bonchev–Trinajstić information content (AvgIpc) is 2.75. The summed E-state index contributed by atoms with van der Waals surface area (Å²) < 4.78 is 25.9. The third-order valence-electron chi connectivity index (χ3n) is 2.21. The van der Waals surface area contributed by atoms with Gasteiger partial charge in [0.2, 0.25) is 0 Å². The molecule has 0 aliphatic heterocycles. The lowest BCUT2D eigenvalue weighted by Crippen LogP contribution is -2.02. The number of aliphatic hydroxyl groups excluding tert-OH is 1. The van der Waals surface area contributed by atoms with Gasteiger partial charge in [0.15, 0.2) is 0 Å². The molecule has 0 fully saturated rings. The van der Waals surface area contributed by atoms with Crippen molar-refractivity contribution in [2.75, 3.05) is 0 Å². The van der Waals surface area contributed by atoms with Crippen molar-refractivity contribution in [3.05, 3.63) is 52.0 Å². The number of thiazole rings is 1. The molecule has 2 rings (SSSR count). The van der Waals surface area contributed by atoms with Crippen LogP contribution in [0.1, 0.15) is 16.5 Å². The van der Waals surface area contributed by atoms with Crippen LogP contribution in [0, 0.1) is 11.6 Å². The summed E-state index contributed by atoms with van der Waals surface area (Å²) >= 11 is 1.30. The molecule has 2 nitrogen and oxygen atoms in total.